The van der Waals surface area contributed by atoms with Gasteiger partial charge in [-0.05, 0) is 63.2 Å². The zero-order valence-electron chi connectivity index (χ0n) is 22.0. The van der Waals surface area contributed by atoms with E-state index in [4.69, 9.17) is 24.3 Å². The van der Waals surface area contributed by atoms with Crippen molar-refractivity contribution in [3.8, 4) is 0 Å². The van der Waals surface area contributed by atoms with Crippen molar-refractivity contribution in [3.05, 3.63) is 86.4 Å². The number of esters is 2. The van der Waals surface area contributed by atoms with E-state index in [0.717, 1.165) is 23.0 Å². The molecule has 2 aliphatic rings. The Morgan fingerprint density at radius 2 is 1.48 bits per heavy atom. The van der Waals surface area contributed by atoms with Crippen LogP contribution in [0.2, 0.25) is 0 Å². The van der Waals surface area contributed by atoms with Crippen LogP contribution in [0.25, 0.3) is 0 Å². The first kappa shape index (κ1) is 29.9. The van der Waals surface area contributed by atoms with Crippen molar-refractivity contribution < 1.29 is 42.1 Å². The molecule has 0 saturated carbocycles. The van der Waals surface area contributed by atoms with Crippen molar-refractivity contribution in [2.45, 2.75) is 32.2 Å². The van der Waals surface area contributed by atoms with Crippen molar-refractivity contribution >= 4 is 23.8 Å². The summed E-state index contributed by atoms with van der Waals surface area (Å²) >= 11 is 0. The Hall–Kier alpha value is -5.12. The van der Waals surface area contributed by atoms with Gasteiger partial charge in [-0.3, -0.25) is 4.79 Å². The van der Waals surface area contributed by atoms with Crippen LogP contribution in [0.4, 0.5) is 9.18 Å². The number of likely N-dealkylation sites (tertiary alicyclic amines) is 1. The molecule has 0 aliphatic carbocycles. The smallest absolute Gasteiger partial charge is 0.357 e. The number of piperidine rings is 1. The minimum Gasteiger partial charge on any atom is -0.401 e. The number of aromatic nitrogens is 2. The van der Waals surface area contributed by atoms with Crippen LogP contribution in [0.1, 0.15) is 29.6 Å². The molecule has 1 aromatic carbocycles. The Kier molecular flexibility index (Phi) is 9.59. The van der Waals surface area contributed by atoms with E-state index >= 15 is 0 Å². The first-order chi connectivity index (χ1) is 20.1. The number of carbonyl (C=O) groups excluding carboxylic acids is 4. The number of Topliss-reactive ketones (excluding diaryl/α,β-unsaturated/α-hetero) is 1. The molecular formula is C26H26FN5O10. The molecule has 2 aromatic rings. The Balaban J connectivity index is 1.55. The number of amides is 1. The number of aryl methyl sites for hydroxylation is 1. The molecule has 2 N–H and O–H groups in total. The highest BCUT2D eigenvalue weighted by molar-refractivity contribution is 5.97. The van der Waals surface area contributed by atoms with Gasteiger partial charge in [-0.2, -0.15) is 9.73 Å². The van der Waals surface area contributed by atoms with Crippen LogP contribution in [-0.4, -0.2) is 64.2 Å². The third-order valence-electron chi connectivity index (χ3n) is 6.27. The van der Waals surface area contributed by atoms with Crippen molar-refractivity contribution in [2.75, 3.05) is 19.6 Å². The van der Waals surface area contributed by atoms with Gasteiger partial charge in [-0.1, -0.05) is 4.74 Å². The van der Waals surface area contributed by atoms with Gasteiger partial charge in [0.15, 0.2) is 5.78 Å². The summed E-state index contributed by atoms with van der Waals surface area (Å²) in [4.78, 5) is 78.9. The van der Waals surface area contributed by atoms with E-state index in [1.54, 1.807) is 0 Å². The van der Waals surface area contributed by atoms with Crippen LogP contribution in [0.5, 0.6) is 0 Å². The third-order valence-corrected chi connectivity index (χ3v) is 6.27. The maximum atomic E-state index is 13.2. The molecule has 2 aliphatic heterocycles. The van der Waals surface area contributed by atoms with Gasteiger partial charge in [-0.15, -0.1) is 0 Å². The van der Waals surface area contributed by atoms with E-state index in [2.05, 4.69) is 9.89 Å². The molecular weight excluding hydrogens is 561 g/mol. The molecule has 4 rings (SSSR count). The number of hydrogen-bond donors (Lipinski definition) is 1. The van der Waals surface area contributed by atoms with Crippen LogP contribution >= 0.6 is 0 Å². The summed E-state index contributed by atoms with van der Waals surface area (Å²) < 4.78 is 34.0. The predicted molar refractivity (Wildman–Crippen MR) is 137 cm³/mol. The zero-order chi connectivity index (χ0) is 30.2. The molecule has 0 atom stereocenters. The number of nitrogens with zero attached hydrogens (tertiary/aromatic N) is 4. The lowest BCUT2D eigenvalue weighted by molar-refractivity contribution is -0.177. The minimum atomic E-state index is -1.96. The van der Waals surface area contributed by atoms with Gasteiger partial charge < -0.3 is 29.2 Å². The standard InChI is InChI=1S/C26H26FN5O10/c27-18-4-2-16(3-5-18)23(37)17-10-14-30(15-11-17)12-1-13-31-25(29-26-39-19(33)6-7-20(34)40-26)32(24(28)38)42-22(36)9-8-21(35)41-31/h2-9,17,26H,1,10-15H2,(H2,28,38)/b9-8?,29-25-. The van der Waals surface area contributed by atoms with Gasteiger partial charge in [-0.25, -0.2) is 28.4 Å². The van der Waals surface area contributed by atoms with Crippen LogP contribution in [0.15, 0.2) is 72.2 Å². The zero-order valence-corrected chi connectivity index (χ0v) is 22.0. The molecule has 222 valence electrons. The number of primary amides is 1. The fraction of sp³-hybridized carbons (Fsp3) is 0.346. The third kappa shape index (κ3) is 7.97. The van der Waals surface area contributed by atoms with Gasteiger partial charge in [0.25, 0.3) is 5.62 Å². The van der Waals surface area contributed by atoms with Crippen molar-refractivity contribution in [3.63, 3.8) is 0 Å². The van der Waals surface area contributed by atoms with Crippen molar-refractivity contribution in [2.24, 2.45) is 16.6 Å². The number of cyclic esters (lactones) is 2. The van der Waals surface area contributed by atoms with Gasteiger partial charge in [0.1, 0.15) is 5.82 Å². The largest absolute Gasteiger partial charge is 0.401 e. The van der Waals surface area contributed by atoms with Crippen molar-refractivity contribution in [1.29, 1.82) is 0 Å². The summed E-state index contributed by atoms with van der Waals surface area (Å²) in [6, 6.07) is 5.49. The normalized spacial score (nSPS) is 16.8. The number of hydrogen-bond acceptors (Lipinski definition) is 12. The first-order valence-corrected chi connectivity index (χ1v) is 12.8. The molecule has 0 unspecified atom stereocenters. The van der Waals surface area contributed by atoms with E-state index in [1.165, 1.54) is 24.3 Å². The second-order valence-electron chi connectivity index (χ2n) is 9.17. The Bertz CT molecular complexity index is 1610. The minimum absolute atomic E-state index is 0.0524. The highest BCUT2D eigenvalue weighted by atomic mass is 19.1. The maximum absolute atomic E-state index is 13.2. The van der Waals surface area contributed by atoms with Gasteiger partial charge in [0.2, 0.25) is 0 Å². The average Bonchev–Trinajstić information content (AvgIpc) is 3.09. The Morgan fingerprint density at radius 1 is 0.881 bits per heavy atom. The van der Waals surface area contributed by atoms with E-state index in [9.17, 15) is 33.2 Å². The van der Waals surface area contributed by atoms with Crippen LogP contribution in [-0.2, 0) is 25.6 Å². The highest BCUT2D eigenvalue weighted by Gasteiger charge is 2.26. The van der Waals surface area contributed by atoms with Gasteiger partial charge in [0.05, 0.1) is 6.54 Å². The quantitative estimate of drug-likeness (QED) is 0.343. The molecule has 15 nitrogen and oxygen atoms in total. The van der Waals surface area contributed by atoms with Crippen LogP contribution < -0.4 is 22.6 Å². The van der Waals surface area contributed by atoms with E-state index < -0.39 is 47.1 Å². The molecule has 16 heteroatoms. The molecule has 1 aromatic heterocycles. The lowest BCUT2D eigenvalue weighted by Crippen LogP contribution is -2.41. The van der Waals surface area contributed by atoms with E-state index in [1.807, 2.05) is 0 Å². The number of halogens is 1. The summed E-state index contributed by atoms with van der Waals surface area (Å²) in [5.74, 6) is -2.70. The highest BCUT2D eigenvalue weighted by Crippen LogP contribution is 2.22. The van der Waals surface area contributed by atoms with E-state index in [-0.39, 0.29) is 23.0 Å². The molecule has 1 fully saturated rings. The lowest BCUT2D eigenvalue weighted by Gasteiger charge is -2.31. The van der Waals surface area contributed by atoms with Crippen LogP contribution in [0, 0.1) is 11.7 Å². The average molecular weight is 588 g/mol. The number of ether oxygens (including phenoxy) is 2. The van der Waals surface area contributed by atoms with Gasteiger partial charge >= 0.3 is 35.6 Å². The van der Waals surface area contributed by atoms with E-state index in [0.29, 0.717) is 50.5 Å². The number of carbonyl (C=O) groups is 4. The molecule has 0 radical (unpaired) electrons. The van der Waals surface area contributed by atoms with Crippen LogP contribution in [0.3, 0.4) is 0 Å². The number of nitrogens with two attached hydrogens (primary N) is 1. The second kappa shape index (κ2) is 13.5. The summed E-state index contributed by atoms with van der Waals surface area (Å²) in [6.07, 6.45) is 1.06. The molecule has 0 spiro atoms. The maximum Gasteiger partial charge on any atom is 0.357 e. The first-order valence-electron chi connectivity index (χ1n) is 12.8. The Morgan fingerprint density at radius 3 is 2.07 bits per heavy atom. The monoisotopic (exact) mass is 587 g/mol. The molecule has 0 bridgehead atoms. The predicted octanol–water partition coefficient (Wildman–Crippen LogP) is 0.212. The lowest BCUT2D eigenvalue weighted by atomic mass is 9.89. The molecule has 3 heterocycles. The summed E-state index contributed by atoms with van der Waals surface area (Å²) in [6.45, 7) is 1.46. The molecule has 42 heavy (non-hydrogen) atoms. The SMILES string of the molecule is NC(=O)n1oc(=O)ccc(=O)on(CCCN2CCC(C(=O)c3ccc(F)cc3)CC2)/c1=N/C1OC(=O)C=CC(=O)O1. The number of ketones is 1. The number of benzene rings is 1. The fourth-order valence-corrected chi connectivity index (χ4v) is 4.28. The summed E-state index contributed by atoms with van der Waals surface area (Å²) in [5.41, 5.74) is 2.87. The van der Waals surface area contributed by atoms with Crippen molar-refractivity contribution in [1.82, 2.24) is 14.4 Å². The topological polar surface area (TPSA) is 199 Å². The van der Waals surface area contributed by atoms with Gasteiger partial charge in [0, 0.05) is 35.8 Å². The molecule has 1 amide bonds. The second-order valence-corrected chi connectivity index (χ2v) is 9.17. The summed E-state index contributed by atoms with van der Waals surface area (Å²) in [5, 5.41) is 0. The fourth-order valence-electron chi connectivity index (χ4n) is 4.28. The molecule has 1 saturated heterocycles. The summed E-state index contributed by atoms with van der Waals surface area (Å²) in [7, 11) is 0. The Labute approximate surface area is 235 Å². The number of rotatable bonds is 7.